The maximum Gasteiger partial charge on any atom is 0.236 e. The SMILES string of the molecule is CC1(CN)CCN(C(=O)CN(Cc2ccccc2)Cc2ccccc2)C1. The molecular formula is C22H29N3O. The summed E-state index contributed by atoms with van der Waals surface area (Å²) in [5.74, 6) is 0.203. The standard InChI is InChI=1S/C22H29N3O/c1-22(17-23)12-13-25(18-22)21(26)16-24(14-19-8-4-2-5-9-19)15-20-10-6-3-7-11-20/h2-11H,12-18,23H2,1H3. The first-order chi connectivity index (χ1) is 12.6. The lowest BCUT2D eigenvalue weighted by molar-refractivity contribution is -0.132. The third-order valence-corrected chi connectivity index (χ3v) is 5.26. The number of rotatable bonds is 7. The number of benzene rings is 2. The molecule has 1 atom stereocenters. The number of likely N-dealkylation sites (tertiary alicyclic amines) is 1. The summed E-state index contributed by atoms with van der Waals surface area (Å²) in [6.45, 7) is 6.36. The van der Waals surface area contributed by atoms with Crippen molar-refractivity contribution in [2.45, 2.75) is 26.4 Å². The minimum atomic E-state index is 0.0688. The molecule has 1 aliphatic rings. The molecule has 1 aliphatic heterocycles. The Kier molecular flexibility index (Phi) is 6.07. The third kappa shape index (κ3) is 4.93. The van der Waals surface area contributed by atoms with Crippen LogP contribution >= 0.6 is 0 Å². The Morgan fingerprint density at radius 2 is 1.58 bits per heavy atom. The van der Waals surface area contributed by atoms with Crippen molar-refractivity contribution in [3.8, 4) is 0 Å². The Morgan fingerprint density at radius 1 is 1.04 bits per heavy atom. The van der Waals surface area contributed by atoms with E-state index in [-0.39, 0.29) is 11.3 Å². The van der Waals surface area contributed by atoms with Gasteiger partial charge in [0.15, 0.2) is 0 Å². The van der Waals surface area contributed by atoms with Crippen LogP contribution in [-0.4, -0.2) is 41.9 Å². The zero-order valence-electron chi connectivity index (χ0n) is 15.6. The number of hydrogen-bond acceptors (Lipinski definition) is 3. The highest BCUT2D eigenvalue weighted by Gasteiger charge is 2.35. The van der Waals surface area contributed by atoms with Crippen molar-refractivity contribution >= 4 is 5.91 Å². The van der Waals surface area contributed by atoms with Gasteiger partial charge in [-0.25, -0.2) is 0 Å². The number of carbonyl (C=O) groups excluding carboxylic acids is 1. The van der Waals surface area contributed by atoms with Gasteiger partial charge < -0.3 is 10.6 Å². The van der Waals surface area contributed by atoms with E-state index in [2.05, 4.69) is 36.1 Å². The van der Waals surface area contributed by atoms with Crippen molar-refractivity contribution in [2.75, 3.05) is 26.2 Å². The summed E-state index contributed by atoms with van der Waals surface area (Å²) in [6, 6.07) is 20.7. The van der Waals surface area contributed by atoms with Crippen LogP contribution in [0.25, 0.3) is 0 Å². The minimum absolute atomic E-state index is 0.0688. The number of carbonyl (C=O) groups is 1. The van der Waals surface area contributed by atoms with Crippen LogP contribution in [0.4, 0.5) is 0 Å². The van der Waals surface area contributed by atoms with Crippen molar-refractivity contribution in [3.05, 3.63) is 71.8 Å². The lowest BCUT2D eigenvalue weighted by Gasteiger charge is -2.27. The predicted octanol–water partition coefficient (Wildman–Crippen LogP) is 2.89. The van der Waals surface area contributed by atoms with E-state index in [4.69, 9.17) is 5.73 Å². The Labute approximate surface area is 156 Å². The lowest BCUT2D eigenvalue weighted by atomic mass is 9.90. The monoisotopic (exact) mass is 351 g/mol. The normalized spacial score (nSPS) is 19.9. The smallest absolute Gasteiger partial charge is 0.236 e. The van der Waals surface area contributed by atoms with Crippen LogP contribution in [0.3, 0.4) is 0 Å². The Hall–Kier alpha value is -2.17. The number of hydrogen-bond donors (Lipinski definition) is 1. The average Bonchev–Trinajstić information content (AvgIpc) is 3.06. The summed E-state index contributed by atoms with van der Waals surface area (Å²) < 4.78 is 0. The molecule has 1 unspecified atom stereocenters. The van der Waals surface area contributed by atoms with Gasteiger partial charge in [-0.1, -0.05) is 67.6 Å². The van der Waals surface area contributed by atoms with Crippen molar-refractivity contribution in [3.63, 3.8) is 0 Å². The van der Waals surface area contributed by atoms with Gasteiger partial charge in [-0.2, -0.15) is 0 Å². The van der Waals surface area contributed by atoms with Crippen molar-refractivity contribution < 1.29 is 4.79 Å². The van der Waals surface area contributed by atoms with E-state index in [0.717, 1.165) is 32.6 Å². The first kappa shape index (κ1) is 18.6. The van der Waals surface area contributed by atoms with E-state index in [9.17, 15) is 4.79 Å². The van der Waals surface area contributed by atoms with Gasteiger partial charge in [0.05, 0.1) is 6.54 Å². The molecule has 4 nitrogen and oxygen atoms in total. The summed E-state index contributed by atoms with van der Waals surface area (Å²) in [4.78, 5) is 17.1. The Balaban J connectivity index is 1.68. The molecule has 1 amide bonds. The molecule has 26 heavy (non-hydrogen) atoms. The van der Waals surface area contributed by atoms with Crippen LogP contribution < -0.4 is 5.73 Å². The van der Waals surface area contributed by atoms with Crippen LogP contribution in [0.2, 0.25) is 0 Å². The Bertz CT molecular complexity index is 662. The van der Waals surface area contributed by atoms with Crippen molar-refractivity contribution in [1.82, 2.24) is 9.80 Å². The first-order valence-electron chi connectivity index (χ1n) is 9.36. The molecule has 1 heterocycles. The fourth-order valence-corrected chi connectivity index (χ4v) is 3.55. The van der Waals surface area contributed by atoms with Crippen LogP contribution in [-0.2, 0) is 17.9 Å². The molecule has 138 valence electrons. The molecular weight excluding hydrogens is 322 g/mol. The maximum atomic E-state index is 12.9. The molecule has 2 N–H and O–H groups in total. The number of nitrogens with zero attached hydrogens (tertiary/aromatic N) is 2. The van der Waals surface area contributed by atoms with E-state index in [1.54, 1.807) is 0 Å². The average molecular weight is 351 g/mol. The molecule has 0 spiro atoms. The summed E-state index contributed by atoms with van der Waals surface area (Å²) >= 11 is 0. The van der Waals surface area contributed by atoms with E-state index in [1.807, 2.05) is 41.3 Å². The second kappa shape index (κ2) is 8.47. The van der Waals surface area contributed by atoms with Gasteiger partial charge in [0, 0.05) is 26.2 Å². The molecule has 1 fully saturated rings. The molecule has 3 rings (SSSR count). The molecule has 0 radical (unpaired) electrons. The topological polar surface area (TPSA) is 49.6 Å². The summed E-state index contributed by atoms with van der Waals surface area (Å²) in [5.41, 5.74) is 8.41. The van der Waals surface area contributed by atoms with Crippen molar-refractivity contribution in [1.29, 1.82) is 0 Å². The summed E-state index contributed by atoms with van der Waals surface area (Å²) in [6.07, 6.45) is 0.993. The van der Waals surface area contributed by atoms with Gasteiger partial charge in [-0.05, 0) is 29.5 Å². The van der Waals surface area contributed by atoms with E-state index in [1.165, 1.54) is 11.1 Å². The molecule has 4 heteroatoms. The largest absolute Gasteiger partial charge is 0.341 e. The summed E-state index contributed by atoms with van der Waals surface area (Å²) in [5, 5.41) is 0. The maximum absolute atomic E-state index is 12.9. The van der Waals surface area contributed by atoms with Crippen LogP contribution in [0.15, 0.2) is 60.7 Å². The van der Waals surface area contributed by atoms with Gasteiger partial charge in [0.2, 0.25) is 5.91 Å². The predicted molar refractivity (Wildman–Crippen MR) is 105 cm³/mol. The molecule has 1 saturated heterocycles. The fraction of sp³-hybridized carbons (Fsp3) is 0.409. The number of nitrogens with two attached hydrogens (primary N) is 1. The van der Waals surface area contributed by atoms with Gasteiger partial charge in [-0.3, -0.25) is 9.69 Å². The van der Waals surface area contributed by atoms with Crippen LogP contribution in [0.5, 0.6) is 0 Å². The van der Waals surface area contributed by atoms with Crippen LogP contribution in [0, 0.1) is 5.41 Å². The highest BCUT2D eigenvalue weighted by molar-refractivity contribution is 5.78. The Morgan fingerprint density at radius 3 is 2.04 bits per heavy atom. The third-order valence-electron chi connectivity index (χ3n) is 5.26. The molecule has 0 aliphatic carbocycles. The zero-order chi connectivity index (χ0) is 18.4. The number of amides is 1. The van der Waals surface area contributed by atoms with E-state index >= 15 is 0 Å². The molecule has 2 aromatic rings. The second-order valence-electron chi connectivity index (χ2n) is 7.70. The molecule has 2 aromatic carbocycles. The van der Waals surface area contributed by atoms with Gasteiger partial charge >= 0.3 is 0 Å². The molecule has 0 saturated carbocycles. The van der Waals surface area contributed by atoms with Gasteiger partial charge in [0.25, 0.3) is 0 Å². The zero-order valence-corrected chi connectivity index (χ0v) is 15.6. The lowest BCUT2D eigenvalue weighted by Crippen LogP contribution is -2.40. The minimum Gasteiger partial charge on any atom is -0.341 e. The molecule has 0 bridgehead atoms. The van der Waals surface area contributed by atoms with Gasteiger partial charge in [-0.15, -0.1) is 0 Å². The highest BCUT2D eigenvalue weighted by Crippen LogP contribution is 2.28. The second-order valence-corrected chi connectivity index (χ2v) is 7.70. The first-order valence-corrected chi connectivity index (χ1v) is 9.36. The van der Waals surface area contributed by atoms with Crippen LogP contribution in [0.1, 0.15) is 24.5 Å². The summed E-state index contributed by atoms with van der Waals surface area (Å²) in [7, 11) is 0. The van der Waals surface area contributed by atoms with Gasteiger partial charge in [0.1, 0.15) is 0 Å². The molecule has 0 aromatic heterocycles. The quantitative estimate of drug-likeness (QED) is 0.834. The highest BCUT2D eigenvalue weighted by atomic mass is 16.2. The fourth-order valence-electron chi connectivity index (χ4n) is 3.55. The van der Waals surface area contributed by atoms with E-state index in [0.29, 0.717) is 13.1 Å². The van der Waals surface area contributed by atoms with Crippen molar-refractivity contribution in [2.24, 2.45) is 11.1 Å². The van der Waals surface area contributed by atoms with E-state index < -0.39 is 0 Å².